The number of ether oxygens (including phenoxy) is 1. The van der Waals surface area contributed by atoms with Gasteiger partial charge >= 0.3 is 6.09 Å². The summed E-state index contributed by atoms with van der Waals surface area (Å²) in [5.74, 6) is 0.748. The van der Waals surface area contributed by atoms with Crippen LogP contribution in [0.25, 0.3) is 0 Å². The summed E-state index contributed by atoms with van der Waals surface area (Å²) in [5.41, 5.74) is 0. The zero-order valence-electron chi connectivity index (χ0n) is 14.5. The third-order valence-electron chi connectivity index (χ3n) is 3.73. The molecule has 2 amide bonds. The molecule has 0 aliphatic carbocycles. The molecule has 0 radical (unpaired) electrons. The number of nitrogens with zero attached hydrogens (tertiary/aromatic N) is 2. The SMILES string of the molecule is CN=C(NCCNC(=O)C(C)C)NC1CCN(C(=O)OC)CC1. The molecule has 132 valence electrons. The van der Waals surface area contributed by atoms with Crippen molar-refractivity contribution in [3.63, 3.8) is 0 Å². The molecule has 3 N–H and O–H groups in total. The van der Waals surface area contributed by atoms with Gasteiger partial charge in [0, 0.05) is 45.2 Å². The molecular weight excluding hydrogens is 298 g/mol. The molecule has 1 aliphatic rings. The van der Waals surface area contributed by atoms with Crippen molar-refractivity contribution in [1.82, 2.24) is 20.9 Å². The fourth-order valence-electron chi connectivity index (χ4n) is 2.29. The van der Waals surface area contributed by atoms with Crippen molar-refractivity contribution in [2.75, 3.05) is 40.3 Å². The van der Waals surface area contributed by atoms with Crippen LogP contribution in [0.15, 0.2) is 4.99 Å². The van der Waals surface area contributed by atoms with Gasteiger partial charge in [-0.25, -0.2) is 4.79 Å². The van der Waals surface area contributed by atoms with Crippen LogP contribution in [0.5, 0.6) is 0 Å². The minimum absolute atomic E-state index is 0.00701. The van der Waals surface area contributed by atoms with E-state index in [2.05, 4.69) is 20.9 Å². The van der Waals surface area contributed by atoms with Crippen LogP contribution in [-0.2, 0) is 9.53 Å². The van der Waals surface area contributed by atoms with Crippen LogP contribution in [0, 0.1) is 5.92 Å². The maximum Gasteiger partial charge on any atom is 0.409 e. The number of methoxy groups -OCH3 is 1. The Morgan fingerprint density at radius 2 is 1.83 bits per heavy atom. The maximum atomic E-state index is 11.5. The number of amides is 2. The maximum absolute atomic E-state index is 11.5. The van der Waals surface area contributed by atoms with Gasteiger partial charge in [0.25, 0.3) is 0 Å². The molecule has 8 heteroatoms. The van der Waals surface area contributed by atoms with Crippen LogP contribution in [0.3, 0.4) is 0 Å². The molecule has 8 nitrogen and oxygen atoms in total. The highest BCUT2D eigenvalue weighted by Crippen LogP contribution is 2.11. The topological polar surface area (TPSA) is 95.1 Å². The van der Waals surface area contributed by atoms with Gasteiger partial charge in [0.2, 0.25) is 5.91 Å². The zero-order chi connectivity index (χ0) is 17.2. The first-order chi connectivity index (χ1) is 11.0. The summed E-state index contributed by atoms with van der Waals surface area (Å²) in [6, 6.07) is 0.271. The lowest BCUT2D eigenvalue weighted by Gasteiger charge is -2.32. The number of nitrogens with one attached hydrogen (secondary N) is 3. The average molecular weight is 327 g/mol. The van der Waals surface area contributed by atoms with E-state index in [1.165, 1.54) is 7.11 Å². The molecule has 1 rings (SSSR count). The van der Waals surface area contributed by atoms with Crippen LogP contribution >= 0.6 is 0 Å². The molecule has 1 heterocycles. The smallest absolute Gasteiger partial charge is 0.409 e. The van der Waals surface area contributed by atoms with Gasteiger partial charge in [0.15, 0.2) is 5.96 Å². The molecular formula is C15H29N5O3. The number of rotatable bonds is 5. The summed E-state index contributed by atoms with van der Waals surface area (Å²) >= 11 is 0. The highest BCUT2D eigenvalue weighted by molar-refractivity contribution is 5.80. The van der Waals surface area contributed by atoms with E-state index in [-0.39, 0.29) is 24.0 Å². The van der Waals surface area contributed by atoms with E-state index >= 15 is 0 Å². The Morgan fingerprint density at radius 1 is 1.22 bits per heavy atom. The van der Waals surface area contributed by atoms with Crippen LogP contribution in [0.1, 0.15) is 26.7 Å². The summed E-state index contributed by atoms with van der Waals surface area (Å²) in [6.45, 7) is 6.24. The quantitative estimate of drug-likeness (QED) is 0.380. The van der Waals surface area contributed by atoms with Gasteiger partial charge in [-0.1, -0.05) is 13.8 Å². The molecule has 0 spiro atoms. The summed E-state index contributed by atoms with van der Waals surface area (Å²) in [4.78, 5) is 28.8. The Bertz CT molecular complexity index is 417. The summed E-state index contributed by atoms with van der Waals surface area (Å²) in [5, 5.41) is 9.36. The second kappa shape index (κ2) is 9.91. The first kappa shape index (κ1) is 19.1. The van der Waals surface area contributed by atoms with E-state index < -0.39 is 0 Å². The third-order valence-corrected chi connectivity index (χ3v) is 3.73. The lowest BCUT2D eigenvalue weighted by molar-refractivity contribution is -0.123. The van der Waals surface area contributed by atoms with Crippen molar-refractivity contribution >= 4 is 18.0 Å². The molecule has 0 aromatic rings. The van der Waals surface area contributed by atoms with Gasteiger partial charge in [-0.05, 0) is 12.8 Å². The molecule has 0 saturated carbocycles. The van der Waals surface area contributed by atoms with Crippen LogP contribution in [0.2, 0.25) is 0 Å². The van der Waals surface area contributed by atoms with E-state index in [1.54, 1.807) is 11.9 Å². The van der Waals surface area contributed by atoms with E-state index in [9.17, 15) is 9.59 Å². The fraction of sp³-hybridized carbons (Fsp3) is 0.800. The molecule has 0 bridgehead atoms. The number of carbonyl (C=O) groups is 2. The Labute approximate surface area is 138 Å². The lowest BCUT2D eigenvalue weighted by Crippen LogP contribution is -2.50. The summed E-state index contributed by atoms with van der Waals surface area (Å²) in [7, 11) is 3.11. The molecule has 1 aliphatic heterocycles. The highest BCUT2D eigenvalue weighted by Gasteiger charge is 2.23. The Balaban J connectivity index is 2.25. The minimum atomic E-state index is -0.271. The van der Waals surface area contributed by atoms with E-state index in [0.717, 1.165) is 12.8 Å². The van der Waals surface area contributed by atoms with E-state index in [1.807, 2.05) is 13.8 Å². The zero-order valence-corrected chi connectivity index (χ0v) is 14.5. The standard InChI is InChI=1S/C15H29N5O3/c1-11(2)13(21)17-7-8-18-14(16-3)19-12-5-9-20(10-6-12)15(22)23-4/h11-12H,5-10H2,1-4H3,(H,17,21)(H2,16,18,19). The number of aliphatic imine (C=N–C) groups is 1. The molecule has 0 unspecified atom stereocenters. The largest absolute Gasteiger partial charge is 0.453 e. The monoisotopic (exact) mass is 327 g/mol. The van der Waals surface area contributed by atoms with Crippen molar-refractivity contribution in [2.24, 2.45) is 10.9 Å². The van der Waals surface area contributed by atoms with Gasteiger partial charge in [0.1, 0.15) is 0 Å². The Hall–Kier alpha value is -1.99. The fourth-order valence-corrected chi connectivity index (χ4v) is 2.29. The first-order valence-corrected chi connectivity index (χ1v) is 8.05. The Kier molecular flexibility index (Phi) is 8.21. The molecule has 0 atom stereocenters. The highest BCUT2D eigenvalue weighted by atomic mass is 16.5. The van der Waals surface area contributed by atoms with Crippen molar-refractivity contribution < 1.29 is 14.3 Å². The van der Waals surface area contributed by atoms with Crippen molar-refractivity contribution in [3.05, 3.63) is 0 Å². The first-order valence-electron chi connectivity index (χ1n) is 8.05. The van der Waals surface area contributed by atoms with E-state index in [4.69, 9.17) is 4.74 Å². The van der Waals surface area contributed by atoms with Gasteiger partial charge < -0.3 is 25.6 Å². The number of likely N-dealkylation sites (tertiary alicyclic amines) is 1. The number of hydrogen-bond donors (Lipinski definition) is 3. The molecule has 23 heavy (non-hydrogen) atoms. The molecule has 1 fully saturated rings. The van der Waals surface area contributed by atoms with Crippen molar-refractivity contribution in [1.29, 1.82) is 0 Å². The number of carbonyl (C=O) groups excluding carboxylic acids is 2. The van der Waals surface area contributed by atoms with Gasteiger partial charge in [-0.15, -0.1) is 0 Å². The van der Waals surface area contributed by atoms with Crippen LogP contribution in [-0.4, -0.2) is 69.2 Å². The number of piperidine rings is 1. The second-order valence-corrected chi connectivity index (χ2v) is 5.82. The van der Waals surface area contributed by atoms with Crippen molar-refractivity contribution in [3.8, 4) is 0 Å². The normalized spacial score (nSPS) is 16.2. The average Bonchev–Trinajstić information content (AvgIpc) is 2.57. The third kappa shape index (κ3) is 6.75. The van der Waals surface area contributed by atoms with Gasteiger partial charge in [-0.3, -0.25) is 9.79 Å². The second-order valence-electron chi connectivity index (χ2n) is 5.82. The minimum Gasteiger partial charge on any atom is -0.453 e. The van der Waals surface area contributed by atoms with Gasteiger partial charge in [-0.2, -0.15) is 0 Å². The molecule has 0 aromatic carbocycles. The predicted molar refractivity (Wildman–Crippen MR) is 89.3 cm³/mol. The lowest BCUT2D eigenvalue weighted by atomic mass is 10.1. The summed E-state index contributed by atoms with van der Waals surface area (Å²) in [6.07, 6.45) is 1.42. The van der Waals surface area contributed by atoms with Crippen LogP contribution < -0.4 is 16.0 Å². The van der Waals surface area contributed by atoms with Crippen molar-refractivity contribution in [2.45, 2.75) is 32.7 Å². The van der Waals surface area contributed by atoms with Gasteiger partial charge in [0.05, 0.1) is 7.11 Å². The van der Waals surface area contributed by atoms with E-state index in [0.29, 0.717) is 32.1 Å². The number of guanidine groups is 1. The summed E-state index contributed by atoms with van der Waals surface area (Å²) < 4.78 is 4.72. The molecule has 1 saturated heterocycles. The Morgan fingerprint density at radius 3 is 2.35 bits per heavy atom. The molecule has 0 aromatic heterocycles. The number of hydrogen-bond acceptors (Lipinski definition) is 4. The van der Waals surface area contributed by atoms with Crippen LogP contribution in [0.4, 0.5) is 4.79 Å². The predicted octanol–water partition coefficient (Wildman–Crippen LogP) is 0.154.